The first-order valence-corrected chi connectivity index (χ1v) is 30.7. The number of esters is 2. The van der Waals surface area contributed by atoms with Crippen LogP contribution in [0.5, 0.6) is 11.5 Å². The Kier molecular flexibility index (Phi) is 20.1. The van der Waals surface area contributed by atoms with Crippen LogP contribution < -0.4 is 32.7 Å². The highest BCUT2D eigenvalue weighted by Gasteiger charge is 2.42. The van der Waals surface area contributed by atoms with Crippen molar-refractivity contribution < 1.29 is 77.1 Å². The van der Waals surface area contributed by atoms with Crippen molar-refractivity contribution in [2.24, 2.45) is 11.5 Å². The summed E-state index contributed by atoms with van der Waals surface area (Å²) in [5.41, 5.74) is 14.4. The van der Waals surface area contributed by atoms with E-state index < -0.39 is 155 Å². The van der Waals surface area contributed by atoms with E-state index in [2.05, 4.69) is 21.3 Å². The van der Waals surface area contributed by atoms with Gasteiger partial charge < -0.3 is 61.9 Å². The van der Waals surface area contributed by atoms with Crippen molar-refractivity contribution in [3.05, 3.63) is 166 Å². The lowest BCUT2D eigenvalue weighted by Crippen LogP contribution is -2.55. The molecule has 0 fully saturated rings. The van der Waals surface area contributed by atoms with E-state index >= 15 is 0 Å². The Morgan fingerprint density at radius 1 is 0.479 bits per heavy atom. The normalized spacial score (nSPS) is 14.2. The number of primary amides is 2. The number of hydrogen-bond acceptors (Lipinski definition) is 18. The number of nitrogens with two attached hydrogens (primary N) is 2. The van der Waals surface area contributed by atoms with Gasteiger partial charge in [0.2, 0.25) is 35.2 Å². The summed E-state index contributed by atoms with van der Waals surface area (Å²) >= 11 is 0. The molecule has 3 aliphatic carbocycles. The Morgan fingerprint density at radius 2 is 0.787 bits per heavy atom. The fraction of sp³-hybridized carbons (Fsp3) is 0.343. The highest BCUT2D eigenvalue weighted by atomic mass is 16.6. The van der Waals surface area contributed by atoms with Crippen LogP contribution in [-0.2, 0) is 47.7 Å². The number of carbonyl (C=O) groups is 10. The zero-order valence-electron chi connectivity index (χ0n) is 53.3. The molecular formula is C70H76N8O16. The van der Waals surface area contributed by atoms with Crippen LogP contribution in [0.3, 0.4) is 0 Å². The number of hydrogen-bond donors (Lipinski definition) is 8. The number of anilines is 2. The van der Waals surface area contributed by atoms with E-state index in [1.165, 1.54) is 26.0 Å². The van der Waals surface area contributed by atoms with E-state index in [1.807, 2.05) is 97.1 Å². The molecule has 6 aromatic rings. The van der Waals surface area contributed by atoms with Crippen molar-refractivity contribution in [3.63, 3.8) is 0 Å². The minimum atomic E-state index is -1.71. The smallest absolute Gasteiger partial charge is 0.410 e. The van der Waals surface area contributed by atoms with Gasteiger partial charge in [-0.3, -0.25) is 48.2 Å². The van der Waals surface area contributed by atoms with Gasteiger partial charge in [-0.1, -0.05) is 97.1 Å². The van der Waals surface area contributed by atoms with Crippen LogP contribution in [0, 0.1) is 0 Å². The molecule has 24 nitrogen and oxygen atoms in total. The lowest BCUT2D eigenvalue weighted by Gasteiger charge is -2.32. The molecule has 24 heteroatoms. The Bertz CT molecular complexity index is 3660. The maximum atomic E-state index is 15.0. The highest BCUT2D eigenvalue weighted by molar-refractivity contribution is 6.33. The van der Waals surface area contributed by atoms with Crippen molar-refractivity contribution in [3.8, 4) is 33.8 Å². The lowest BCUT2D eigenvalue weighted by atomic mass is 9.81. The van der Waals surface area contributed by atoms with Gasteiger partial charge in [-0.25, -0.2) is 9.59 Å². The Balaban J connectivity index is 1.05. The van der Waals surface area contributed by atoms with E-state index in [-0.39, 0.29) is 48.8 Å². The second-order valence-electron chi connectivity index (χ2n) is 25.1. The molecular weight excluding hydrogens is 1210 g/mol. The molecule has 3 aliphatic rings. The van der Waals surface area contributed by atoms with Crippen molar-refractivity contribution in [1.29, 1.82) is 0 Å². The first-order chi connectivity index (χ1) is 44.5. The van der Waals surface area contributed by atoms with Crippen LogP contribution in [0.15, 0.2) is 121 Å². The third-order valence-corrected chi connectivity index (χ3v) is 16.2. The molecule has 0 unspecified atom stereocenters. The second-order valence-corrected chi connectivity index (χ2v) is 25.1. The number of benzene rings is 6. The molecule has 0 aromatic heterocycles. The van der Waals surface area contributed by atoms with Crippen LogP contribution in [0.4, 0.5) is 21.0 Å². The Labute approximate surface area is 542 Å². The number of amides is 6. The molecule has 0 heterocycles. The van der Waals surface area contributed by atoms with Crippen LogP contribution in [-0.4, -0.2) is 154 Å². The molecule has 94 heavy (non-hydrogen) atoms. The molecule has 4 atom stereocenters. The fourth-order valence-corrected chi connectivity index (χ4v) is 11.9. The van der Waals surface area contributed by atoms with Crippen molar-refractivity contribution in [2.75, 3.05) is 50.0 Å². The van der Waals surface area contributed by atoms with Gasteiger partial charge in [0, 0.05) is 49.4 Å². The summed E-state index contributed by atoms with van der Waals surface area (Å²) in [4.78, 5) is 142. The quantitative estimate of drug-likeness (QED) is 0.0166. The van der Waals surface area contributed by atoms with Gasteiger partial charge in [-0.2, -0.15) is 0 Å². The van der Waals surface area contributed by atoms with E-state index in [4.69, 9.17) is 30.4 Å². The molecule has 6 amide bonds. The molecule has 0 spiro atoms. The van der Waals surface area contributed by atoms with E-state index in [0.29, 0.717) is 0 Å². The summed E-state index contributed by atoms with van der Waals surface area (Å²) < 4.78 is 23.4. The summed E-state index contributed by atoms with van der Waals surface area (Å²) in [6.07, 6.45) is -3.61. The van der Waals surface area contributed by atoms with Crippen molar-refractivity contribution >= 4 is 70.7 Å². The molecule has 492 valence electrons. The number of ether oxygens (including phenoxy) is 4. The summed E-state index contributed by atoms with van der Waals surface area (Å²) in [5, 5.41) is 33.5. The minimum absolute atomic E-state index is 0.0618. The number of phenols is 2. The number of fused-ring (bicyclic) bond motifs is 8. The number of nitrogens with zero attached hydrogens (tertiary/aromatic N) is 2. The van der Waals surface area contributed by atoms with Gasteiger partial charge in [-0.05, 0) is 124 Å². The molecule has 0 radical (unpaired) electrons. The van der Waals surface area contributed by atoms with Gasteiger partial charge in [0.05, 0.1) is 35.1 Å². The minimum Gasteiger partial charge on any atom is -0.507 e. The van der Waals surface area contributed by atoms with E-state index in [1.54, 1.807) is 41.5 Å². The number of ketones is 2. The van der Waals surface area contributed by atoms with Crippen molar-refractivity contribution in [2.45, 2.75) is 115 Å². The number of phenolic OH excluding ortho intramolecular Hbond substituents is 2. The molecule has 9 rings (SSSR count). The van der Waals surface area contributed by atoms with Crippen molar-refractivity contribution in [1.82, 2.24) is 20.4 Å². The second kappa shape index (κ2) is 28.0. The van der Waals surface area contributed by atoms with Gasteiger partial charge >= 0.3 is 24.1 Å². The van der Waals surface area contributed by atoms with Crippen LogP contribution in [0.2, 0.25) is 0 Å². The van der Waals surface area contributed by atoms with Gasteiger partial charge in [0.1, 0.15) is 60.1 Å². The average Bonchev–Trinajstić information content (AvgIpc) is 0.896. The maximum absolute atomic E-state index is 15.0. The zero-order valence-corrected chi connectivity index (χ0v) is 53.3. The number of rotatable bonds is 24. The number of aromatic hydroxyl groups is 2. The predicted octanol–water partition coefficient (Wildman–Crippen LogP) is 7.38. The molecule has 6 aromatic carbocycles. The average molecular weight is 1290 g/mol. The van der Waals surface area contributed by atoms with Crippen LogP contribution >= 0.6 is 0 Å². The molecule has 0 saturated carbocycles. The summed E-state index contributed by atoms with van der Waals surface area (Å²) in [6, 6.07) is 29.3. The Hall–Kier alpha value is -10.8. The molecule has 0 aliphatic heterocycles. The SMILES string of the molecule is C[C@H](NC(=O)[C@H](CC(=O)OC(C)(C)C)N(CCNc1ccc(NCCN(C(=O)OCC2c3ccccc3-c3ccccc32)[C@@H](CC(=O)OC(C)(C)C)C(=O)N[C@@H](C)C(N)=O)c2c1C(=O)c1c(O)ccc(O)c1C2=O)C(=O)OCC1c2ccccc2-c2ccccc21)C(N)=O. The third-order valence-electron chi connectivity index (χ3n) is 16.2. The summed E-state index contributed by atoms with van der Waals surface area (Å²) in [6.45, 7) is 10.2. The van der Waals surface area contributed by atoms with E-state index in [0.717, 1.165) is 66.4 Å². The summed E-state index contributed by atoms with van der Waals surface area (Å²) in [7, 11) is 0. The number of nitrogens with one attached hydrogen (secondary N) is 4. The third kappa shape index (κ3) is 14.9. The van der Waals surface area contributed by atoms with Crippen LogP contribution in [0.1, 0.15) is 134 Å². The zero-order chi connectivity index (χ0) is 68.1. The first-order valence-electron chi connectivity index (χ1n) is 30.7. The standard InChI is InChI=1S/C70H76N8O16/c1-37(63(71)85)75-65(87)51(33-55(81)93-69(3,4)5)77(67(89)91-35-47-43-21-13-9-17-39(43)40-18-10-14-22-44(40)47)31-29-73-49-25-26-50(58-57(49)61(83)59-53(79)27-28-54(80)60(59)62(58)84)74-30-32-78(52(34-56(82)94-70(6,7)8)66(88)76-38(2)64(72)86)68(90)92-36-48-45-23-15-11-19-41(45)42-20-12-16-24-46(42)48/h9-28,37-38,47-48,51-52,73-74,79-80H,29-36H2,1-8H3,(H2,71,85)(H2,72,86)(H,75,87)(H,76,88)/t37-,38-,51-,52-/m0/s1. The largest absolute Gasteiger partial charge is 0.507 e. The predicted molar refractivity (Wildman–Crippen MR) is 346 cm³/mol. The summed E-state index contributed by atoms with van der Waals surface area (Å²) in [5.74, 6) is -9.66. The number of carbonyl (C=O) groups excluding carboxylic acids is 10. The Morgan fingerprint density at radius 3 is 1.09 bits per heavy atom. The molecule has 10 N–H and O–H groups in total. The maximum Gasteiger partial charge on any atom is 0.410 e. The monoisotopic (exact) mass is 1280 g/mol. The van der Waals surface area contributed by atoms with Gasteiger partial charge in [0.25, 0.3) is 0 Å². The first kappa shape index (κ1) is 67.6. The fourth-order valence-electron chi connectivity index (χ4n) is 11.9. The van der Waals surface area contributed by atoms with E-state index in [9.17, 15) is 58.2 Å². The molecule has 0 bridgehead atoms. The topological polar surface area (TPSA) is 355 Å². The highest BCUT2D eigenvalue weighted by Crippen LogP contribution is 2.47. The van der Waals surface area contributed by atoms with Crippen LogP contribution in [0.25, 0.3) is 22.3 Å². The van der Waals surface area contributed by atoms with Gasteiger partial charge in [0.15, 0.2) is 0 Å². The van der Waals surface area contributed by atoms with Gasteiger partial charge in [-0.15, -0.1) is 0 Å². The molecule has 0 saturated heterocycles. The lowest BCUT2D eigenvalue weighted by molar-refractivity contribution is -0.158.